The molecule has 2 aromatic carbocycles. The molecular formula is C22H28N2O5S. The van der Waals surface area contributed by atoms with Crippen LogP contribution in [0.5, 0.6) is 0 Å². The Bertz CT molecular complexity index is 972. The van der Waals surface area contributed by atoms with Crippen LogP contribution in [0.3, 0.4) is 0 Å². The summed E-state index contributed by atoms with van der Waals surface area (Å²) in [5.41, 5.74) is 0.783. The Labute approximate surface area is 178 Å². The van der Waals surface area contributed by atoms with Crippen LogP contribution in [0.4, 0.5) is 5.69 Å². The van der Waals surface area contributed by atoms with Gasteiger partial charge in [-0.2, -0.15) is 4.31 Å². The fourth-order valence-corrected chi connectivity index (χ4v) is 4.57. The third kappa shape index (κ3) is 5.25. The molecule has 0 unspecified atom stereocenters. The molecule has 0 heterocycles. The van der Waals surface area contributed by atoms with E-state index >= 15 is 0 Å². The van der Waals surface area contributed by atoms with Gasteiger partial charge < -0.3 is 9.64 Å². The van der Waals surface area contributed by atoms with Crippen LogP contribution >= 0.6 is 0 Å². The maximum Gasteiger partial charge on any atom is 0.338 e. The number of ether oxygens (including phenoxy) is 1. The third-order valence-electron chi connectivity index (χ3n) is 4.69. The summed E-state index contributed by atoms with van der Waals surface area (Å²) in [6.45, 7) is 7.90. The number of rotatable bonds is 9. The second-order valence-corrected chi connectivity index (χ2v) is 8.52. The quantitative estimate of drug-likeness (QED) is 0.568. The second-order valence-electron chi connectivity index (χ2n) is 6.58. The SMILES string of the molecule is CCN(C(=O)[C@@H](C)OC(=O)c1cccc(S(=O)(=O)N(CC)CC)c1)c1ccccc1. The van der Waals surface area contributed by atoms with Crippen molar-refractivity contribution in [2.24, 2.45) is 0 Å². The Morgan fingerprint density at radius 3 is 2.13 bits per heavy atom. The van der Waals surface area contributed by atoms with Crippen LogP contribution in [0, 0.1) is 0 Å². The van der Waals surface area contributed by atoms with E-state index in [0.717, 1.165) is 0 Å². The van der Waals surface area contributed by atoms with Gasteiger partial charge in [-0.15, -0.1) is 0 Å². The lowest BCUT2D eigenvalue weighted by Gasteiger charge is -2.24. The molecular weight excluding hydrogens is 404 g/mol. The van der Waals surface area contributed by atoms with E-state index in [1.165, 1.54) is 40.4 Å². The summed E-state index contributed by atoms with van der Waals surface area (Å²) in [5, 5.41) is 0. The van der Waals surface area contributed by atoms with E-state index in [0.29, 0.717) is 25.3 Å². The van der Waals surface area contributed by atoms with Gasteiger partial charge in [0.15, 0.2) is 6.10 Å². The lowest BCUT2D eigenvalue weighted by Crippen LogP contribution is -2.40. The fraction of sp³-hybridized carbons (Fsp3) is 0.364. The number of carbonyl (C=O) groups is 2. The zero-order valence-corrected chi connectivity index (χ0v) is 18.6. The minimum Gasteiger partial charge on any atom is -0.449 e. The zero-order chi connectivity index (χ0) is 22.3. The summed E-state index contributed by atoms with van der Waals surface area (Å²) in [6, 6.07) is 14.8. The first kappa shape index (κ1) is 23.6. The molecule has 0 saturated heterocycles. The third-order valence-corrected chi connectivity index (χ3v) is 6.74. The first-order valence-electron chi connectivity index (χ1n) is 9.93. The van der Waals surface area contributed by atoms with Crippen LogP contribution in [0.2, 0.25) is 0 Å². The molecule has 8 heteroatoms. The Morgan fingerprint density at radius 2 is 1.57 bits per heavy atom. The van der Waals surface area contributed by atoms with Gasteiger partial charge >= 0.3 is 5.97 Å². The monoisotopic (exact) mass is 432 g/mol. The lowest BCUT2D eigenvalue weighted by atomic mass is 10.2. The topological polar surface area (TPSA) is 84.0 Å². The van der Waals surface area contributed by atoms with Gasteiger partial charge in [0.2, 0.25) is 10.0 Å². The van der Waals surface area contributed by atoms with Gasteiger partial charge in [-0.05, 0) is 44.2 Å². The van der Waals surface area contributed by atoms with Gasteiger partial charge in [0.25, 0.3) is 5.91 Å². The molecule has 0 aliphatic rings. The highest BCUT2D eigenvalue weighted by atomic mass is 32.2. The molecule has 2 rings (SSSR count). The summed E-state index contributed by atoms with van der Waals surface area (Å²) in [6.07, 6.45) is -1.03. The van der Waals surface area contributed by atoms with Crippen molar-refractivity contribution in [2.75, 3.05) is 24.5 Å². The normalized spacial score (nSPS) is 12.4. The molecule has 0 aliphatic carbocycles. The molecule has 0 fully saturated rings. The molecule has 162 valence electrons. The molecule has 0 N–H and O–H groups in total. The van der Waals surface area contributed by atoms with Crippen LogP contribution in [-0.4, -0.2) is 50.3 Å². The molecule has 0 aromatic heterocycles. The van der Waals surface area contributed by atoms with Gasteiger partial charge in [-0.1, -0.05) is 38.1 Å². The van der Waals surface area contributed by atoms with Crippen LogP contribution < -0.4 is 4.90 Å². The number of hydrogen-bond donors (Lipinski definition) is 0. The summed E-state index contributed by atoms with van der Waals surface area (Å²) < 4.78 is 32.0. The maximum atomic E-state index is 12.8. The number of nitrogens with zero attached hydrogens (tertiary/aromatic N) is 2. The number of sulfonamides is 1. The van der Waals surface area contributed by atoms with Crippen molar-refractivity contribution in [1.29, 1.82) is 0 Å². The lowest BCUT2D eigenvalue weighted by molar-refractivity contribution is -0.126. The van der Waals surface area contributed by atoms with Crippen molar-refractivity contribution in [1.82, 2.24) is 4.31 Å². The number of benzene rings is 2. The van der Waals surface area contributed by atoms with Crippen molar-refractivity contribution in [3.8, 4) is 0 Å². The minimum absolute atomic E-state index is 0.0131. The Balaban J connectivity index is 2.19. The van der Waals surface area contributed by atoms with Crippen LogP contribution in [-0.2, 0) is 19.6 Å². The summed E-state index contributed by atoms with van der Waals surface area (Å²) >= 11 is 0. The van der Waals surface area contributed by atoms with Gasteiger partial charge in [0, 0.05) is 25.3 Å². The van der Waals surface area contributed by atoms with Crippen LogP contribution in [0.25, 0.3) is 0 Å². The summed E-state index contributed by atoms with van der Waals surface area (Å²) in [4.78, 5) is 26.9. The molecule has 1 atom stereocenters. The highest BCUT2D eigenvalue weighted by Crippen LogP contribution is 2.19. The van der Waals surface area contributed by atoms with E-state index in [4.69, 9.17) is 4.74 Å². The number of likely N-dealkylation sites (N-methyl/N-ethyl adjacent to an activating group) is 1. The van der Waals surface area contributed by atoms with Crippen molar-refractivity contribution >= 4 is 27.6 Å². The molecule has 1 amide bonds. The highest BCUT2D eigenvalue weighted by Gasteiger charge is 2.26. The molecule has 0 radical (unpaired) electrons. The fourth-order valence-electron chi connectivity index (χ4n) is 3.07. The zero-order valence-electron chi connectivity index (χ0n) is 17.7. The molecule has 30 heavy (non-hydrogen) atoms. The molecule has 0 bridgehead atoms. The average molecular weight is 433 g/mol. The van der Waals surface area contributed by atoms with E-state index < -0.39 is 22.1 Å². The number of amides is 1. The van der Waals surface area contributed by atoms with Crippen molar-refractivity contribution in [2.45, 2.75) is 38.7 Å². The van der Waals surface area contributed by atoms with E-state index in [2.05, 4.69) is 0 Å². The number of carbonyl (C=O) groups excluding carboxylic acids is 2. The Morgan fingerprint density at radius 1 is 0.933 bits per heavy atom. The Hall–Kier alpha value is -2.71. The summed E-state index contributed by atoms with van der Waals surface area (Å²) in [5.74, 6) is -1.11. The number of hydrogen-bond acceptors (Lipinski definition) is 5. The summed E-state index contributed by atoms with van der Waals surface area (Å²) in [7, 11) is -3.71. The molecule has 7 nitrogen and oxygen atoms in total. The highest BCUT2D eigenvalue weighted by molar-refractivity contribution is 7.89. The van der Waals surface area contributed by atoms with Gasteiger partial charge in [-0.3, -0.25) is 4.79 Å². The predicted molar refractivity (Wildman–Crippen MR) is 116 cm³/mol. The standard InChI is InChI=1S/C22H28N2O5S/c1-5-23(6-2)30(27,28)20-15-11-12-18(16-20)22(26)29-17(4)21(25)24(7-3)19-13-9-8-10-14-19/h8-17H,5-7H2,1-4H3/t17-/m1/s1. The van der Waals surface area contributed by atoms with Crippen LogP contribution in [0.1, 0.15) is 38.1 Å². The minimum atomic E-state index is -3.71. The van der Waals surface area contributed by atoms with Crippen molar-refractivity contribution in [3.05, 3.63) is 60.2 Å². The van der Waals surface area contributed by atoms with E-state index in [1.54, 1.807) is 26.0 Å². The first-order chi connectivity index (χ1) is 14.3. The van der Waals surface area contributed by atoms with Gasteiger partial charge in [0.05, 0.1) is 10.5 Å². The predicted octanol–water partition coefficient (Wildman–Crippen LogP) is 3.32. The number of anilines is 1. The average Bonchev–Trinajstić information content (AvgIpc) is 2.75. The Kier molecular flexibility index (Phi) is 8.14. The van der Waals surface area contributed by atoms with Crippen molar-refractivity contribution < 1.29 is 22.7 Å². The maximum absolute atomic E-state index is 12.8. The smallest absolute Gasteiger partial charge is 0.338 e. The van der Waals surface area contributed by atoms with Crippen LogP contribution in [0.15, 0.2) is 59.5 Å². The second kappa shape index (κ2) is 10.4. The molecule has 0 saturated carbocycles. The molecule has 0 spiro atoms. The van der Waals surface area contributed by atoms with Gasteiger partial charge in [-0.25, -0.2) is 13.2 Å². The van der Waals surface area contributed by atoms with E-state index in [1.807, 2.05) is 25.1 Å². The first-order valence-corrected chi connectivity index (χ1v) is 11.4. The molecule has 2 aromatic rings. The van der Waals surface area contributed by atoms with E-state index in [9.17, 15) is 18.0 Å². The number of para-hydroxylation sites is 1. The van der Waals surface area contributed by atoms with E-state index in [-0.39, 0.29) is 16.4 Å². The largest absolute Gasteiger partial charge is 0.449 e. The number of esters is 1. The van der Waals surface area contributed by atoms with Crippen molar-refractivity contribution in [3.63, 3.8) is 0 Å². The molecule has 0 aliphatic heterocycles. The van der Waals surface area contributed by atoms with Gasteiger partial charge in [0.1, 0.15) is 0 Å².